The molecule has 2 aliphatic rings. The molecule has 0 unspecified atom stereocenters. The number of ether oxygens (including phenoxy) is 2. The Morgan fingerprint density at radius 2 is 1.66 bits per heavy atom. The van der Waals surface area contributed by atoms with Crippen LogP contribution in [0.1, 0.15) is 0 Å². The van der Waals surface area contributed by atoms with Gasteiger partial charge < -0.3 is 19.3 Å². The van der Waals surface area contributed by atoms with Gasteiger partial charge in [-0.2, -0.15) is 4.68 Å². The highest BCUT2D eigenvalue weighted by Gasteiger charge is 2.33. The Balaban J connectivity index is 1.24. The van der Waals surface area contributed by atoms with E-state index < -0.39 is 6.10 Å². The number of anilines is 1. The van der Waals surface area contributed by atoms with Crippen molar-refractivity contribution in [3.05, 3.63) is 54.6 Å². The predicted molar refractivity (Wildman–Crippen MR) is 104 cm³/mol. The number of amides is 1. The topological polar surface area (TPSA) is 85.6 Å². The molecule has 0 aliphatic carbocycles. The number of hydrogen-bond donors (Lipinski definition) is 0. The van der Waals surface area contributed by atoms with Gasteiger partial charge in [0.25, 0.3) is 5.91 Å². The van der Waals surface area contributed by atoms with Gasteiger partial charge in [-0.05, 0) is 34.7 Å². The van der Waals surface area contributed by atoms with Gasteiger partial charge in [0.15, 0.2) is 11.5 Å². The third-order valence-corrected chi connectivity index (χ3v) is 5.11. The summed E-state index contributed by atoms with van der Waals surface area (Å²) in [7, 11) is 0. The highest BCUT2D eigenvalue weighted by Crippen LogP contribution is 2.31. The Morgan fingerprint density at radius 1 is 0.931 bits per heavy atom. The maximum atomic E-state index is 12.9. The van der Waals surface area contributed by atoms with Gasteiger partial charge in [-0.15, -0.1) is 0 Å². The van der Waals surface area contributed by atoms with Crippen LogP contribution in [0.5, 0.6) is 11.5 Å². The summed E-state index contributed by atoms with van der Waals surface area (Å²) < 4.78 is 13.3. The Morgan fingerprint density at radius 3 is 2.45 bits per heavy atom. The summed E-state index contributed by atoms with van der Waals surface area (Å²) >= 11 is 0. The van der Waals surface area contributed by atoms with Crippen molar-refractivity contribution in [2.75, 3.05) is 37.7 Å². The molecule has 9 nitrogen and oxygen atoms in total. The van der Waals surface area contributed by atoms with Crippen molar-refractivity contribution in [3.63, 3.8) is 0 Å². The monoisotopic (exact) mass is 392 g/mol. The van der Waals surface area contributed by atoms with Crippen molar-refractivity contribution in [2.24, 2.45) is 0 Å². The predicted octanol–water partition coefficient (Wildman–Crippen LogP) is 1.15. The Hall–Kier alpha value is -3.62. The number of carbonyl (C=O) groups is 1. The molecule has 2 aliphatic heterocycles. The molecule has 5 rings (SSSR count). The zero-order chi connectivity index (χ0) is 19.6. The van der Waals surface area contributed by atoms with Gasteiger partial charge in [0, 0.05) is 26.2 Å². The first-order valence-electron chi connectivity index (χ1n) is 9.55. The first kappa shape index (κ1) is 17.5. The number of fused-ring (bicyclic) bond motifs is 1. The molecule has 9 heteroatoms. The van der Waals surface area contributed by atoms with Crippen molar-refractivity contribution in [2.45, 2.75) is 6.10 Å². The molecule has 1 atom stereocenters. The van der Waals surface area contributed by atoms with Gasteiger partial charge in [-0.25, -0.2) is 0 Å². The van der Waals surface area contributed by atoms with E-state index in [1.54, 1.807) is 4.68 Å². The fraction of sp³-hybridized carbons (Fsp3) is 0.300. The smallest absolute Gasteiger partial charge is 0.267 e. The highest BCUT2D eigenvalue weighted by molar-refractivity contribution is 5.82. The van der Waals surface area contributed by atoms with Gasteiger partial charge in [-0.3, -0.25) is 4.79 Å². The van der Waals surface area contributed by atoms with Crippen molar-refractivity contribution in [3.8, 4) is 17.2 Å². The zero-order valence-corrected chi connectivity index (χ0v) is 15.7. The molecule has 1 amide bonds. The fourth-order valence-corrected chi connectivity index (χ4v) is 3.59. The Labute approximate surface area is 167 Å². The van der Waals surface area contributed by atoms with E-state index in [4.69, 9.17) is 9.47 Å². The van der Waals surface area contributed by atoms with Crippen LogP contribution in [-0.4, -0.2) is 69.9 Å². The zero-order valence-electron chi connectivity index (χ0n) is 15.7. The molecule has 1 saturated heterocycles. The van der Waals surface area contributed by atoms with Crippen LogP contribution in [0.3, 0.4) is 0 Å². The lowest BCUT2D eigenvalue weighted by atomic mass is 10.2. The number of nitrogens with zero attached hydrogens (tertiary/aromatic N) is 6. The van der Waals surface area contributed by atoms with Crippen molar-refractivity contribution in [1.29, 1.82) is 0 Å². The van der Waals surface area contributed by atoms with Gasteiger partial charge in [0.05, 0.1) is 5.69 Å². The van der Waals surface area contributed by atoms with Gasteiger partial charge in [0.2, 0.25) is 12.1 Å². The van der Waals surface area contributed by atoms with Crippen LogP contribution < -0.4 is 14.4 Å². The summed E-state index contributed by atoms with van der Waals surface area (Å²) in [6, 6.07) is 17.2. The average Bonchev–Trinajstić information content (AvgIpc) is 3.29. The Bertz CT molecular complexity index is 1000. The van der Waals surface area contributed by atoms with Gasteiger partial charge in [0.1, 0.15) is 6.61 Å². The van der Waals surface area contributed by atoms with E-state index >= 15 is 0 Å². The van der Waals surface area contributed by atoms with Crippen LogP contribution in [0.2, 0.25) is 0 Å². The minimum atomic E-state index is -0.619. The van der Waals surface area contributed by atoms with E-state index in [0.29, 0.717) is 43.6 Å². The maximum absolute atomic E-state index is 12.9. The molecule has 1 aromatic heterocycles. The third-order valence-electron chi connectivity index (χ3n) is 5.11. The summed E-state index contributed by atoms with van der Waals surface area (Å²) in [5.41, 5.74) is 0.900. The van der Waals surface area contributed by atoms with Gasteiger partial charge in [-0.1, -0.05) is 35.4 Å². The molecule has 148 valence electrons. The van der Waals surface area contributed by atoms with Crippen LogP contribution in [0.15, 0.2) is 54.6 Å². The van der Waals surface area contributed by atoms with Crippen LogP contribution in [0.4, 0.5) is 5.95 Å². The number of rotatable bonds is 3. The van der Waals surface area contributed by atoms with E-state index in [-0.39, 0.29) is 12.5 Å². The minimum absolute atomic E-state index is 0.0539. The number of carbonyl (C=O) groups excluding carboxylic acids is 1. The third kappa shape index (κ3) is 3.35. The second kappa shape index (κ2) is 7.42. The largest absolute Gasteiger partial charge is 0.485 e. The molecule has 0 saturated carbocycles. The molecule has 0 radical (unpaired) electrons. The van der Waals surface area contributed by atoms with Crippen LogP contribution in [0.25, 0.3) is 5.69 Å². The van der Waals surface area contributed by atoms with Crippen molar-refractivity contribution in [1.82, 2.24) is 25.1 Å². The summed E-state index contributed by atoms with van der Waals surface area (Å²) in [6.45, 7) is 2.65. The molecule has 0 spiro atoms. The highest BCUT2D eigenvalue weighted by atomic mass is 16.6. The van der Waals surface area contributed by atoms with Crippen molar-refractivity contribution < 1.29 is 14.3 Å². The van der Waals surface area contributed by atoms with Crippen LogP contribution in [-0.2, 0) is 4.79 Å². The number of tetrazole rings is 1. The van der Waals surface area contributed by atoms with E-state index in [9.17, 15) is 4.79 Å². The quantitative estimate of drug-likeness (QED) is 0.661. The molecular formula is C20H20N6O3. The van der Waals surface area contributed by atoms with E-state index in [0.717, 1.165) is 5.69 Å². The summed E-state index contributed by atoms with van der Waals surface area (Å²) in [6.07, 6.45) is -0.619. The fourth-order valence-electron chi connectivity index (χ4n) is 3.59. The summed E-state index contributed by atoms with van der Waals surface area (Å²) in [5.74, 6) is 1.91. The molecular weight excluding hydrogens is 372 g/mol. The van der Waals surface area contributed by atoms with Crippen LogP contribution >= 0.6 is 0 Å². The summed E-state index contributed by atoms with van der Waals surface area (Å²) in [5, 5.41) is 12.1. The SMILES string of the molecule is O=C([C@@H]1COc2ccccc2O1)N1CCN(c2nnnn2-c2ccccc2)CC1. The normalized spacial score (nSPS) is 18.6. The van der Waals surface area contributed by atoms with Crippen LogP contribution in [0, 0.1) is 0 Å². The second-order valence-electron chi connectivity index (χ2n) is 6.90. The molecule has 3 aromatic rings. The van der Waals surface area contributed by atoms with E-state index in [1.165, 1.54) is 0 Å². The first-order valence-corrected chi connectivity index (χ1v) is 9.55. The van der Waals surface area contributed by atoms with E-state index in [1.807, 2.05) is 59.5 Å². The lowest BCUT2D eigenvalue weighted by Crippen LogP contribution is -2.54. The molecule has 29 heavy (non-hydrogen) atoms. The number of piperazine rings is 1. The standard InChI is InChI=1S/C20H20N6O3/c27-19(18-14-28-16-8-4-5-9-17(16)29-18)24-10-12-25(13-11-24)20-21-22-23-26(20)15-6-2-1-3-7-15/h1-9,18H,10-14H2/t18-/m0/s1. The number of para-hydroxylation sites is 3. The molecule has 1 fully saturated rings. The second-order valence-corrected chi connectivity index (χ2v) is 6.90. The number of aromatic nitrogens is 4. The number of hydrogen-bond acceptors (Lipinski definition) is 7. The average molecular weight is 392 g/mol. The maximum Gasteiger partial charge on any atom is 0.267 e. The molecule has 0 N–H and O–H groups in total. The summed E-state index contributed by atoms with van der Waals surface area (Å²) in [4.78, 5) is 16.8. The molecule has 3 heterocycles. The molecule has 0 bridgehead atoms. The Kier molecular flexibility index (Phi) is 4.47. The number of benzene rings is 2. The van der Waals surface area contributed by atoms with Gasteiger partial charge >= 0.3 is 0 Å². The lowest BCUT2D eigenvalue weighted by molar-refractivity contribution is -0.141. The minimum Gasteiger partial charge on any atom is -0.485 e. The molecule has 2 aromatic carbocycles. The first-order chi connectivity index (χ1) is 14.3. The lowest BCUT2D eigenvalue weighted by Gasteiger charge is -2.37. The van der Waals surface area contributed by atoms with E-state index in [2.05, 4.69) is 20.4 Å². The van der Waals surface area contributed by atoms with Crippen molar-refractivity contribution >= 4 is 11.9 Å².